The van der Waals surface area contributed by atoms with Crippen LogP contribution in [-0.2, 0) is 6.42 Å². The van der Waals surface area contributed by atoms with Gasteiger partial charge in [0.05, 0.1) is 11.8 Å². The van der Waals surface area contributed by atoms with Gasteiger partial charge in [-0.05, 0) is 19.8 Å². The van der Waals surface area contributed by atoms with Crippen molar-refractivity contribution >= 4 is 0 Å². The molecule has 0 spiro atoms. The van der Waals surface area contributed by atoms with Crippen molar-refractivity contribution in [1.29, 1.82) is 0 Å². The quantitative estimate of drug-likeness (QED) is 0.554. The second kappa shape index (κ2) is 1.83. The number of aryl methyl sites for hydroxylation is 2. The molecule has 0 aliphatic heterocycles. The number of aliphatic hydroxyl groups excluding tert-OH is 1. The van der Waals surface area contributed by atoms with E-state index in [0.29, 0.717) is 0 Å². The minimum absolute atomic E-state index is 0.270. The SMILES string of the molecule is Cc1[nH]nc2c1C(O)CC2. The van der Waals surface area contributed by atoms with E-state index in [0.717, 1.165) is 29.8 Å². The number of nitrogens with one attached hydrogen (secondary N) is 1. The molecule has 1 aromatic heterocycles. The zero-order chi connectivity index (χ0) is 7.14. The molecule has 0 radical (unpaired) electrons. The van der Waals surface area contributed by atoms with Gasteiger partial charge in [-0.3, -0.25) is 5.10 Å². The van der Waals surface area contributed by atoms with Gasteiger partial charge in [-0.25, -0.2) is 0 Å². The summed E-state index contributed by atoms with van der Waals surface area (Å²) in [7, 11) is 0. The molecule has 0 aromatic carbocycles. The summed E-state index contributed by atoms with van der Waals surface area (Å²) in [6.45, 7) is 1.94. The molecule has 1 aromatic rings. The number of aliphatic hydroxyl groups is 1. The molecule has 54 valence electrons. The Morgan fingerprint density at radius 1 is 1.70 bits per heavy atom. The maximum absolute atomic E-state index is 9.39. The lowest BCUT2D eigenvalue weighted by Crippen LogP contribution is -1.91. The first-order valence-electron chi connectivity index (χ1n) is 3.51. The highest BCUT2D eigenvalue weighted by atomic mass is 16.3. The third-order valence-corrected chi connectivity index (χ3v) is 2.06. The van der Waals surface area contributed by atoms with E-state index in [9.17, 15) is 5.11 Å². The molecule has 0 saturated carbocycles. The highest BCUT2D eigenvalue weighted by Gasteiger charge is 2.24. The van der Waals surface area contributed by atoms with Crippen molar-refractivity contribution in [3.05, 3.63) is 17.0 Å². The van der Waals surface area contributed by atoms with Crippen LogP contribution in [0.1, 0.15) is 29.5 Å². The van der Waals surface area contributed by atoms with Gasteiger partial charge in [-0.15, -0.1) is 0 Å². The molecular formula is C7H10N2O. The molecule has 1 aliphatic carbocycles. The van der Waals surface area contributed by atoms with Gasteiger partial charge in [0.2, 0.25) is 0 Å². The maximum Gasteiger partial charge on any atom is 0.0829 e. The molecule has 0 saturated heterocycles. The van der Waals surface area contributed by atoms with E-state index in [4.69, 9.17) is 0 Å². The monoisotopic (exact) mass is 138 g/mol. The lowest BCUT2D eigenvalue weighted by molar-refractivity contribution is 0.179. The van der Waals surface area contributed by atoms with Gasteiger partial charge in [-0.1, -0.05) is 0 Å². The fourth-order valence-electron chi connectivity index (χ4n) is 1.54. The minimum Gasteiger partial charge on any atom is -0.388 e. The van der Waals surface area contributed by atoms with Crippen LogP contribution in [-0.4, -0.2) is 15.3 Å². The van der Waals surface area contributed by atoms with E-state index in [-0.39, 0.29) is 6.10 Å². The lowest BCUT2D eigenvalue weighted by Gasteiger charge is -1.99. The molecule has 0 amide bonds. The highest BCUT2D eigenvalue weighted by molar-refractivity contribution is 5.30. The predicted molar refractivity (Wildman–Crippen MR) is 36.6 cm³/mol. The number of hydrogen-bond acceptors (Lipinski definition) is 2. The number of H-pyrrole nitrogens is 1. The fourth-order valence-corrected chi connectivity index (χ4v) is 1.54. The Morgan fingerprint density at radius 3 is 3.20 bits per heavy atom. The standard InChI is InChI=1S/C7H10N2O/c1-4-7-5(9-8-4)2-3-6(7)10/h6,10H,2-3H2,1H3,(H,8,9). The first-order chi connectivity index (χ1) is 4.79. The Balaban J connectivity index is 2.54. The average molecular weight is 138 g/mol. The van der Waals surface area contributed by atoms with Crippen LogP contribution in [0.5, 0.6) is 0 Å². The van der Waals surface area contributed by atoms with Gasteiger partial charge >= 0.3 is 0 Å². The molecule has 2 N–H and O–H groups in total. The Hall–Kier alpha value is -0.830. The van der Waals surface area contributed by atoms with Crippen molar-refractivity contribution in [2.45, 2.75) is 25.9 Å². The third kappa shape index (κ3) is 0.609. The Bertz CT molecular complexity index is 254. The highest BCUT2D eigenvalue weighted by Crippen LogP contribution is 2.31. The molecule has 1 unspecified atom stereocenters. The molecule has 2 rings (SSSR count). The summed E-state index contributed by atoms with van der Waals surface area (Å²) in [6.07, 6.45) is 1.49. The Morgan fingerprint density at radius 2 is 2.50 bits per heavy atom. The van der Waals surface area contributed by atoms with Crippen LogP contribution in [0.25, 0.3) is 0 Å². The second-order valence-corrected chi connectivity index (χ2v) is 2.76. The van der Waals surface area contributed by atoms with Crippen LogP contribution in [0, 0.1) is 6.92 Å². The maximum atomic E-state index is 9.39. The molecule has 3 heteroatoms. The van der Waals surface area contributed by atoms with Crippen LogP contribution in [0.4, 0.5) is 0 Å². The number of aromatic amines is 1. The summed E-state index contributed by atoms with van der Waals surface area (Å²) < 4.78 is 0. The van der Waals surface area contributed by atoms with E-state index in [1.54, 1.807) is 0 Å². The largest absolute Gasteiger partial charge is 0.388 e. The molecule has 1 aliphatic rings. The summed E-state index contributed by atoms with van der Waals surface area (Å²) >= 11 is 0. The van der Waals surface area contributed by atoms with Crippen LogP contribution >= 0.6 is 0 Å². The van der Waals surface area contributed by atoms with Crippen LogP contribution in [0.3, 0.4) is 0 Å². The van der Waals surface area contributed by atoms with E-state index in [1.165, 1.54) is 0 Å². The van der Waals surface area contributed by atoms with Gasteiger partial charge < -0.3 is 5.11 Å². The molecule has 0 bridgehead atoms. The summed E-state index contributed by atoms with van der Waals surface area (Å²) in [5, 5.41) is 16.3. The van der Waals surface area contributed by atoms with Crippen LogP contribution in [0.15, 0.2) is 0 Å². The summed E-state index contributed by atoms with van der Waals surface area (Å²) in [6, 6.07) is 0. The number of hydrogen-bond donors (Lipinski definition) is 2. The van der Waals surface area contributed by atoms with E-state index >= 15 is 0 Å². The molecular weight excluding hydrogens is 128 g/mol. The number of rotatable bonds is 0. The number of aromatic nitrogens is 2. The Kier molecular flexibility index (Phi) is 1.08. The fraction of sp³-hybridized carbons (Fsp3) is 0.571. The van der Waals surface area contributed by atoms with Crippen molar-refractivity contribution in [2.75, 3.05) is 0 Å². The smallest absolute Gasteiger partial charge is 0.0829 e. The number of fused-ring (bicyclic) bond motifs is 1. The lowest BCUT2D eigenvalue weighted by atomic mass is 10.2. The molecule has 10 heavy (non-hydrogen) atoms. The predicted octanol–water partition coefficient (Wildman–Crippen LogP) is 0.698. The van der Waals surface area contributed by atoms with Crippen LogP contribution in [0.2, 0.25) is 0 Å². The van der Waals surface area contributed by atoms with Crippen molar-refractivity contribution in [3.63, 3.8) is 0 Å². The first kappa shape index (κ1) is 5.92. The second-order valence-electron chi connectivity index (χ2n) is 2.76. The van der Waals surface area contributed by atoms with E-state index in [2.05, 4.69) is 10.2 Å². The summed E-state index contributed by atoms with van der Waals surface area (Å²) in [5.41, 5.74) is 3.09. The van der Waals surface area contributed by atoms with Gasteiger partial charge in [0, 0.05) is 11.3 Å². The van der Waals surface area contributed by atoms with E-state index < -0.39 is 0 Å². The van der Waals surface area contributed by atoms with Crippen molar-refractivity contribution in [3.8, 4) is 0 Å². The molecule has 0 fully saturated rings. The summed E-state index contributed by atoms with van der Waals surface area (Å²) in [4.78, 5) is 0. The van der Waals surface area contributed by atoms with Gasteiger partial charge in [0.25, 0.3) is 0 Å². The van der Waals surface area contributed by atoms with Crippen molar-refractivity contribution < 1.29 is 5.11 Å². The van der Waals surface area contributed by atoms with Gasteiger partial charge in [0.15, 0.2) is 0 Å². The Labute approximate surface area is 59.1 Å². The average Bonchev–Trinajstić information content (AvgIpc) is 2.40. The van der Waals surface area contributed by atoms with Gasteiger partial charge in [-0.2, -0.15) is 5.10 Å². The molecule has 1 heterocycles. The molecule has 1 atom stereocenters. The first-order valence-corrected chi connectivity index (χ1v) is 3.51. The van der Waals surface area contributed by atoms with Crippen molar-refractivity contribution in [2.24, 2.45) is 0 Å². The minimum atomic E-state index is -0.270. The zero-order valence-corrected chi connectivity index (χ0v) is 5.89. The van der Waals surface area contributed by atoms with Crippen LogP contribution < -0.4 is 0 Å². The molecule has 3 nitrogen and oxygen atoms in total. The van der Waals surface area contributed by atoms with Gasteiger partial charge in [0.1, 0.15) is 0 Å². The summed E-state index contributed by atoms with van der Waals surface area (Å²) in [5.74, 6) is 0. The topological polar surface area (TPSA) is 48.9 Å². The number of nitrogens with zero attached hydrogens (tertiary/aromatic N) is 1. The van der Waals surface area contributed by atoms with E-state index in [1.807, 2.05) is 6.92 Å². The third-order valence-electron chi connectivity index (χ3n) is 2.06. The normalized spacial score (nSPS) is 23.2. The zero-order valence-electron chi connectivity index (χ0n) is 5.89. The van der Waals surface area contributed by atoms with Crippen molar-refractivity contribution in [1.82, 2.24) is 10.2 Å².